The first-order valence-electron chi connectivity index (χ1n) is 9.50. The van der Waals surface area contributed by atoms with Crippen LogP contribution in [0.2, 0.25) is 5.02 Å². The molecule has 2 amide bonds. The fourth-order valence-corrected chi connectivity index (χ4v) is 3.65. The molecule has 0 atom stereocenters. The fourth-order valence-electron chi connectivity index (χ4n) is 3.45. The van der Waals surface area contributed by atoms with Crippen LogP contribution in [0.3, 0.4) is 0 Å². The van der Waals surface area contributed by atoms with E-state index < -0.39 is 0 Å². The van der Waals surface area contributed by atoms with Crippen molar-refractivity contribution in [2.24, 2.45) is 0 Å². The van der Waals surface area contributed by atoms with Gasteiger partial charge in [0.15, 0.2) is 0 Å². The highest BCUT2D eigenvalue weighted by atomic mass is 35.5. The van der Waals surface area contributed by atoms with Gasteiger partial charge in [0.1, 0.15) is 5.75 Å². The van der Waals surface area contributed by atoms with E-state index in [9.17, 15) is 9.59 Å². The maximum absolute atomic E-state index is 12.4. The topological polar surface area (TPSA) is 58.6 Å². The van der Waals surface area contributed by atoms with Gasteiger partial charge in [-0.2, -0.15) is 0 Å². The first kappa shape index (κ1) is 20.2. The molecule has 5 nitrogen and oxygen atoms in total. The maximum Gasteiger partial charge on any atom is 0.224 e. The minimum atomic E-state index is -0.111. The summed E-state index contributed by atoms with van der Waals surface area (Å²) in [5, 5.41) is 3.43. The Kier molecular flexibility index (Phi) is 6.93. The Bertz CT molecular complexity index is 853. The van der Waals surface area contributed by atoms with Crippen molar-refractivity contribution >= 4 is 23.4 Å². The van der Waals surface area contributed by atoms with Gasteiger partial charge in [-0.3, -0.25) is 9.59 Å². The lowest BCUT2D eigenvalue weighted by Gasteiger charge is -2.29. The predicted molar refractivity (Wildman–Crippen MR) is 110 cm³/mol. The van der Waals surface area contributed by atoms with E-state index in [1.165, 1.54) is 11.1 Å². The molecule has 0 aliphatic carbocycles. The van der Waals surface area contributed by atoms with Gasteiger partial charge in [0.05, 0.1) is 13.5 Å². The summed E-state index contributed by atoms with van der Waals surface area (Å²) in [5.74, 6) is 0.667. The van der Waals surface area contributed by atoms with Crippen LogP contribution in [-0.2, 0) is 29.0 Å². The Morgan fingerprint density at radius 3 is 2.75 bits per heavy atom. The highest BCUT2D eigenvalue weighted by Gasteiger charge is 2.19. The molecule has 2 aromatic carbocycles. The number of carbonyl (C=O) groups excluding carboxylic acids is 2. The summed E-state index contributed by atoms with van der Waals surface area (Å²) >= 11 is 5.99. The number of fused-ring (bicyclic) bond motifs is 1. The smallest absolute Gasteiger partial charge is 0.224 e. The molecule has 0 unspecified atom stereocenters. The second-order valence-electron chi connectivity index (χ2n) is 6.92. The first-order valence-corrected chi connectivity index (χ1v) is 9.88. The molecule has 1 aliphatic heterocycles. The van der Waals surface area contributed by atoms with Crippen molar-refractivity contribution in [2.75, 3.05) is 20.2 Å². The molecular weight excluding hydrogens is 376 g/mol. The number of halogens is 1. The monoisotopic (exact) mass is 400 g/mol. The van der Waals surface area contributed by atoms with E-state index in [4.69, 9.17) is 16.3 Å². The first-order chi connectivity index (χ1) is 13.6. The summed E-state index contributed by atoms with van der Waals surface area (Å²) in [4.78, 5) is 26.5. The zero-order valence-corrected chi connectivity index (χ0v) is 16.8. The quantitative estimate of drug-likeness (QED) is 0.725. The molecule has 0 spiro atoms. The number of methoxy groups -OCH3 is 1. The summed E-state index contributed by atoms with van der Waals surface area (Å²) in [6.07, 6.45) is 2.15. The van der Waals surface area contributed by atoms with Crippen molar-refractivity contribution in [3.05, 3.63) is 64.2 Å². The van der Waals surface area contributed by atoms with E-state index in [0.717, 1.165) is 18.5 Å². The van der Waals surface area contributed by atoms with E-state index in [1.807, 2.05) is 17.0 Å². The van der Waals surface area contributed by atoms with E-state index in [2.05, 4.69) is 17.4 Å². The van der Waals surface area contributed by atoms with Crippen LogP contribution in [0, 0.1) is 0 Å². The molecule has 2 aromatic rings. The van der Waals surface area contributed by atoms with Crippen LogP contribution in [-0.4, -0.2) is 36.9 Å². The second-order valence-corrected chi connectivity index (χ2v) is 7.36. The average molecular weight is 401 g/mol. The molecule has 3 rings (SSSR count). The van der Waals surface area contributed by atoms with Crippen LogP contribution in [0.4, 0.5) is 0 Å². The van der Waals surface area contributed by atoms with Crippen molar-refractivity contribution in [2.45, 2.75) is 32.2 Å². The Labute approximate surface area is 170 Å². The van der Waals surface area contributed by atoms with Crippen molar-refractivity contribution in [3.63, 3.8) is 0 Å². The highest BCUT2D eigenvalue weighted by Crippen LogP contribution is 2.23. The lowest BCUT2D eigenvalue weighted by molar-refractivity contribution is -0.132. The molecule has 1 aliphatic rings. The summed E-state index contributed by atoms with van der Waals surface area (Å²) < 4.78 is 5.26. The van der Waals surface area contributed by atoms with Crippen molar-refractivity contribution < 1.29 is 14.3 Å². The number of nitrogens with one attached hydrogen (secondary N) is 1. The van der Waals surface area contributed by atoms with E-state index in [-0.39, 0.29) is 18.2 Å². The van der Waals surface area contributed by atoms with E-state index in [0.29, 0.717) is 36.7 Å². The summed E-state index contributed by atoms with van der Waals surface area (Å²) in [6, 6.07) is 13.5. The van der Waals surface area contributed by atoms with Crippen molar-refractivity contribution in [3.8, 4) is 5.75 Å². The van der Waals surface area contributed by atoms with Gasteiger partial charge < -0.3 is 15.0 Å². The van der Waals surface area contributed by atoms with Crippen LogP contribution in [0.1, 0.15) is 29.5 Å². The number of hydrogen-bond donors (Lipinski definition) is 1. The third kappa shape index (κ3) is 5.26. The predicted octanol–water partition coefficient (Wildman–Crippen LogP) is 3.37. The molecule has 148 valence electrons. The molecule has 28 heavy (non-hydrogen) atoms. The number of nitrogens with zero attached hydrogens (tertiary/aromatic N) is 1. The largest absolute Gasteiger partial charge is 0.496 e. The lowest BCUT2D eigenvalue weighted by Crippen LogP contribution is -2.36. The molecule has 6 heteroatoms. The number of hydrogen-bond acceptors (Lipinski definition) is 3. The van der Waals surface area contributed by atoms with Gasteiger partial charge in [0.25, 0.3) is 0 Å². The third-order valence-electron chi connectivity index (χ3n) is 4.97. The Balaban J connectivity index is 1.40. The molecule has 0 saturated carbocycles. The number of ether oxygens (including phenoxy) is 1. The van der Waals surface area contributed by atoms with Crippen molar-refractivity contribution in [1.82, 2.24) is 10.2 Å². The maximum atomic E-state index is 12.4. The minimum absolute atomic E-state index is 0.111. The average Bonchev–Trinajstić information content (AvgIpc) is 2.71. The Morgan fingerprint density at radius 1 is 1.18 bits per heavy atom. The van der Waals surface area contributed by atoms with Gasteiger partial charge in [-0.25, -0.2) is 0 Å². The van der Waals surface area contributed by atoms with E-state index >= 15 is 0 Å². The standard InChI is InChI=1S/C22H25ClN2O3/c1-28-20-9-8-19(23)13-18(20)14-21(26)24-11-4-7-22(27)25-12-10-16-5-2-3-6-17(16)15-25/h2-3,5-6,8-9,13H,4,7,10-12,14-15H2,1H3,(H,24,26). The zero-order chi connectivity index (χ0) is 19.9. The zero-order valence-electron chi connectivity index (χ0n) is 16.0. The van der Waals surface area contributed by atoms with Gasteiger partial charge in [-0.05, 0) is 42.2 Å². The molecule has 0 aromatic heterocycles. The Hall–Kier alpha value is -2.53. The van der Waals surface area contributed by atoms with Crippen LogP contribution in [0.5, 0.6) is 5.75 Å². The van der Waals surface area contributed by atoms with Crippen LogP contribution in [0.15, 0.2) is 42.5 Å². The minimum Gasteiger partial charge on any atom is -0.496 e. The highest BCUT2D eigenvalue weighted by molar-refractivity contribution is 6.30. The molecule has 0 fully saturated rings. The third-order valence-corrected chi connectivity index (χ3v) is 5.20. The van der Waals surface area contributed by atoms with Crippen LogP contribution >= 0.6 is 11.6 Å². The Morgan fingerprint density at radius 2 is 1.96 bits per heavy atom. The summed E-state index contributed by atoms with van der Waals surface area (Å²) in [5.41, 5.74) is 3.30. The van der Waals surface area contributed by atoms with Gasteiger partial charge in [-0.1, -0.05) is 35.9 Å². The summed E-state index contributed by atoms with van der Waals surface area (Å²) in [6.45, 7) is 1.91. The number of amides is 2. The fraction of sp³-hybridized carbons (Fsp3) is 0.364. The second kappa shape index (κ2) is 9.60. The lowest BCUT2D eigenvalue weighted by atomic mass is 9.99. The summed E-state index contributed by atoms with van der Waals surface area (Å²) in [7, 11) is 1.56. The number of rotatable bonds is 7. The van der Waals surface area contributed by atoms with Gasteiger partial charge in [0, 0.05) is 36.6 Å². The number of carbonyl (C=O) groups is 2. The van der Waals surface area contributed by atoms with Gasteiger partial charge >= 0.3 is 0 Å². The molecule has 0 radical (unpaired) electrons. The molecule has 0 bridgehead atoms. The van der Waals surface area contributed by atoms with Crippen LogP contribution < -0.4 is 10.1 Å². The molecule has 1 heterocycles. The van der Waals surface area contributed by atoms with E-state index in [1.54, 1.807) is 25.3 Å². The van der Waals surface area contributed by atoms with Crippen molar-refractivity contribution in [1.29, 1.82) is 0 Å². The van der Waals surface area contributed by atoms with Crippen LogP contribution in [0.25, 0.3) is 0 Å². The molecule has 1 N–H and O–H groups in total. The van der Waals surface area contributed by atoms with Gasteiger partial charge in [0.2, 0.25) is 11.8 Å². The normalized spacial score (nSPS) is 13.0. The SMILES string of the molecule is COc1ccc(Cl)cc1CC(=O)NCCCC(=O)N1CCc2ccccc2C1. The van der Waals surface area contributed by atoms with Gasteiger partial charge in [-0.15, -0.1) is 0 Å². The molecule has 0 saturated heterocycles. The number of benzene rings is 2. The molecular formula is C22H25ClN2O3.